The lowest BCUT2D eigenvalue weighted by atomic mass is 9.98. The number of quaternary nitrogens is 1. The fraction of sp³-hybridized carbons (Fsp3) is 0.111. The zero-order chi connectivity index (χ0) is 20.6. The molecule has 2 N–H and O–H groups in total. The summed E-state index contributed by atoms with van der Waals surface area (Å²) in [5, 5.41) is 2.32. The van der Waals surface area contributed by atoms with Gasteiger partial charge in [-0.2, -0.15) is 0 Å². The van der Waals surface area contributed by atoms with E-state index in [0.29, 0.717) is 5.56 Å². The molecule has 0 fully saturated rings. The first-order valence-electron chi connectivity index (χ1n) is 10.2. The smallest absolute Gasteiger partial charge is 0.138 e. The van der Waals surface area contributed by atoms with Gasteiger partial charge in [-0.25, -0.2) is 4.39 Å². The number of rotatable bonds is 8. The van der Waals surface area contributed by atoms with Gasteiger partial charge in [0.25, 0.3) is 0 Å². The Labute approximate surface area is 177 Å². The maximum atomic E-state index is 13.9. The summed E-state index contributed by atoms with van der Waals surface area (Å²) in [5.41, 5.74) is 4.16. The van der Waals surface area contributed by atoms with E-state index in [2.05, 4.69) is 59.9 Å². The van der Waals surface area contributed by atoms with Crippen molar-refractivity contribution < 1.29 is 14.4 Å². The molecule has 0 aromatic heterocycles. The van der Waals surface area contributed by atoms with Gasteiger partial charge in [-0.1, -0.05) is 91.0 Å². The van der Waals surface area contributed by atoms with Crippen molar-refractivity contribution >= 4 is 0 Å². The van der Waals surface area contributed by atoms with Gasteiger partial charge in [0.15, 0.2) is 0 Å². The van der Waals surface area contributed by atoms with E-state index in [9.17, 15) is 4.39 Å². The monoisotopic (exact) mass is 398 g/mol. The van der Waals surface area contributed by atoms with Crippen LogP contribution in [0.25, 0.3) is 0 Å². The number of hydrogen-bond donors (Lipinski definition) is 1. The predicted molar refractivity (Wildman–Crippen MR) is 118 cm³/mol. The van der Waals surface area contributed by atoms with Crippen molar-refractivity contribution in [1.82, 2.24) is 0 Å². The average molecular weight is 399 g/mol. The van der Waals surface area contributed by atoms with E-state index in [-0.39, 0.29) is 18.5 Å². The van der Waals surface area contributed by atoms with E-state index in [0.717, 1.165) is 17.9 Å². The molecule has 4 rings (SSSR count). The van der Waals surface area contributed by atoms with Crippen LogP contribution in [-0.4, -0.2) is 0 Å². The fourth-order valence-corrected chi connectivity index (χ4v) is 3.61. The molecule has 0 aliphatic carbocycles. The molecule has 0 radical (unpaired) electrons. The van der Waals surface area contributed by atoms with E-state index in [4.69, 9.17) is 4.74 Å². The van der Waals surface area contributed by atoms with Crippen LogP contribution in [-0.2, 0) is 13.2 Å². The highest BCUT2D eigenvalue weighted by Gasteiger charge is 2.18. The standard InChI is InChI=1S/C27H24FNO/c28-25-17-9-7-16-24(25)20-30-26-18-10-8-15-23(26)19-29-27(21-11-3-1-4-12-21)22-13-5-2-6-14-22/h1-18,27,29H,19-20H2/p+1. The number of hydrogen-bond acceptors (Lipinski definition) is 1. The lowest BCUT2D eigenvalue weighted by Crippen LogP contribution is -2.83. The largest absolute Gasteiger partial charge is 0.488 e. The van der Waals surface area contributed by atoms with Crippen molar-refractivity contribution in [2.75, 3.05) is 0 Å². The molecule has 0 heterocycles. The highest BCUT2D eigenvalue weighted by Crippen LogP contribution is 2.21. The van der Waals surface area contributed by atoms with Crippen LogP contribution in [0.4, 0.5) is 4.39 Å². The molecule has 0 atom stereocenters. The molecule has 0 amide bonds. The molecule has 0 spiro atoms. The summed E-state index contributed by atoms with van der Waals surface area (Å²) in [7, 11) is 0. The van der Waals surface area contributed by atoms with Crippen LogP contribution in [0.2, 0.25) is 0 Å². The minimum Gasteiger partial charge on any atom is -0.488 e. The molecule has 150 valence electrons. The topological polar surface area (TPSA) is 25.8 Å². The lowest BCUT2D eigenvalue weighted by Gasteiger charge is -2.18. The van der Waals surface area contributed by atoms with Crippen molar-refractivity contribution in [1.29, 1.82) is 0 Å². The molecule has 2 nitrogen and oxygen atoms in total. The molecule has 3 heteroatoms. The zero-order valence-corrected chi connectivity index (χ0v) is 16.7. The number of benzene rings is 4. The van der Waals surface area contributed by atoms with Crippen LogP contribution in [0, 0.1) is 5.82 Å². The Morgan fingerprint density at radius 1 is 0.633 bits per heavy atom. The van der Waals surface area contributed by atoms with E-state index in [1.807, 2.05) is 36.4 Å². The van der Waals surface area contributed by atoms with Crippen molar-refractivity contribution in [3.8, 4) is 5.75 Å². The quantitative estimate of drug-likeness (QED) is 0.431. The Kier molecular flexibility index (Phi) is 6.53. The number of halogens is 1. The van der Waals surface area contributed by atoms with E-state index in [1.165, 1.54) is 17.2 Å². The van der Waals surface area contributed by atoms with Crippen LogP contribution in [0.5, 0.6) is 5.75 Å². The number of para-hydroxylation sites is 1. The summed E-state index contributed by atoms with van der Waals surface area (Å²) >= 11 is 0. The summed E-state index contributed by atoms with van der Waals surface area (Å²) < 4.78 is 19.9. The minimum atomic E-state index is -0.241. The van der Waals surface area contributed by atoms with Gasteiger partial charge in [0.2, 0.25) is 0 Å². The van der Waals surface area contributed by atoms with E-state index >= 15 is 0 Å². The Hall–Kier alpha value is -3.43. The Balaban J connectivity index is 1.51. The van der Waals surface area contributed by atoms with Crippen molar-refractivity contribution in [2.45, 2.75) is 19.2 Å². The SMILES string of the molecule is Fc1ccccc1COc1ccccc1C[NH2+]C(c1ccccc1)c1ccccc1. The van der Waals surface area contributed by atoms with Gasteiger partial charge in [0.05, 0.1) is 0 Å². The van der Waals surface area contributed by atoms with Crippen LogP contribution in [0.15, 0.2) is 109 Å². The maximum Gasteiger partial charge on any atom is 0.138 e. The number of ether oxygens (including phenoxy) is 1. The lowest BCUT2D eigenvalue weighted by molar-refractivity contribution is -0.702. The van der Waals surface area contributed by atoms with Gasteiger partial charge in [-0.05, 0) is 18.2 Å². The van der Waals surface area contributed by atoms with Gasteiger partial charge in [-0.15, -0.1) is 0 Å². The molecule has 4 aromatic carbocycles. The molecular weight excluding hydrogens is 373 g/mol. The molecule has 0 saturated carbocycles. The third kappa shape index (κ3) is 4.94. The Bertz CT molecular complexity index is 1030. The van der Waals surface area contributed by atoms with Crippen LogP contribution in [0.1, 0.15) is 28.3 Å². The van der Waals surface area contributed by atoms with Crippen molar-refractivity contribution in [2.24, 2.45) is 0 Å². The second-order valence-corrected chi connectivity index (χ2v) is 7.23. The Morgan fingerprint density at radius 3 is 1.80 bits per heavy atom. The summed E-state index contributed by atoms with van der Waals surface area (Å²) in [5.74, 6) is 0.548. The molecule has 0 unspecified atom stereocenters. The van der Waals surface area contributed by atoms with E-state index in [1.54, 1.807) is 12.1 Å². The fourth-order valence-electron chi connectivity index (χ4n) is 3.61. The predicted octanol–water partition coefficient (Wildman–Crippen LogP) is 5.26. The molecule has 30 heavy (non-hydrogen) atoms. The highest BCUT2D eigenvalue weighted by atomic mass is 19.1. The molecule has 0 aliphatic heterocycles. The highest BCUT2D eigenvalue weighted by molar-refractivity contribution is 5.34. The first-order valence-corrected chi connectivity index (χ1v) is 10.2. The van der Waals surface area contributed by atoms with Crippen LogP contribution in [0.3, 0.4) is 0 Å². The van der Waals surface area contributed by atoms with Gasteiger partial charge < -0.3 is 10.1 Å². The third-order valence-electron chi connectivity index (χ3n) is 5.20. The molecule has 4 aromatic rings. The van der Waals surface area contributed by atoms with Crippen molar-refractivity contribution in [3.05, 3.63) is 137 Å². The first kappa shape index (κ1) is 19.9. The third-order valence-corrected chi connectivity index (χ3v) is 5.20. The first-order chi connectivity index (χ1) is 14.8. The average Bonchev–Trinajstić information content (AvgIpc) is 2.81. The van der Waals surface area contributed by atoms with Gasteiger partial charge in [0.1, 0.15) is 30.8 Å². The summed E-state index contributed by atoms with van der Waals surface area (Å²) in [6.45, 7) is 0.965. The molecule has 0 saturated heterocycles. The molecule has 0 bridgehead atoms. The van der Waals surface area contributed by atoms with Crippen LogP contribution < -0.4 is 10.1 Å². The summed E-state index contributed by atoms with van der Waals surface area (Å²) in [4.78, 5) is 0. The van der Waals surface area contributed by atoms with Crippen LogP contribution >= 0.6 is 0 Å². The summed E-state index contributed by atoms with van der Waals surface area (Å²) in [6.07, 6.45) is 0. The summed E-state index contributed by atoms with van der Waals surface area (Å²) in [6, 6.07) is 35.9. The number of nitrogens with two attached hydrogens (primary N) is 1. The van der Waals surface area contributed by atoms with Gasteiger partial charge >= 0.3 is 0 Å². The second-order valence-electron chi connectivity index (χ2n) is 7.23. The van der Waals surface area contributed by atoms with Gasteiger partial charge in [-0.3, -0.25) is 0 Å². The Morgan fingerprint density at radius 2 is 1.17 bits per heavy atom. The maximum absolute atomic E-state index is 13.9. The van der Waals surface area contributed by atoms with E-state index < -0.39 is 0 Å². The zero-order valence-electron chi connectivity index (χ0n) is 16.7. The molecule has 0 aliphatic rings. The minimum absolute atomic E-state index is 0.187. The normalized spacial score (nSPS) is 10.9. The van der Waals surface area contributed by atoms with Gasteiger partial charge in [0, 0.05) is 22.3 Å². The van der Waals surface area contributed by atoms with Crippen molar-refractivity contribution in [3.63, 3.8) is 0 Å². The second kappa shape index (κ2) is 9.86. The molecular formula is C27H25FNO+.